The number of halogens is 1. The van der Waals surface area contributed by atoms with E-state index in [1.807, 2.05) is 51.1 Å². The minimum atomic E-state index is -0.665. The molecular weight excluding hydrogens is 508 g/mol. The first kappa shape index (κ1) is 26.5. The Kier molecular flexibility index (Phi) is 7.54. The average Bonchev–Trinajstić information content (AvgIpc) is 3.30. The van der Waals surface area contributed by atoms with E-state index in [4.69, 9.17) is 31.9 Å². The maximum atomic E-state index is 12.9. The van der Waals surface area contributed by atoms with Crippen LogP contribution in [0, 0.1) is 0 Å². The number of methoxy groups -OCH3 is 1. The van der Waals surface area contributed by atoms with Gasteiger partial charge < -0.3 is 20.5 Å². The molecule has 11 heteroatoms. The molecule has 10 nitrogen and oxygen atoms in total. The second-order valence-corrected chi connectivity index (χ2v) is 9.75. The van der Waals surface area contributed by atoms with E-state index in [9.17, 15) is 9.59 Å². The number of nitrogens with zero attached hydrogens (tertiary/aromatic N) is 3. The summed E-state index contributed by atoms with van der Waals surface area (Å²) in [6.45, 7) is 6.12. The number of rotatable bonds is 7. The number of hydrogen-bond donors (Lipinski definition) is 3. The van der Waals surface area contributed by atoms with Gasteiger partial charge in [0, 0.05) is 35.9 Å². The van der Waals surface area contributed by atoms with Gasteiger partial charge in [0.25, 0.3) is 5.91 Å². The van der Waals surface area contributed by atoms with E-state index < -0.39 is 11.9 Å². The van der Waals surface area contributed by atoms with Crippen molar-refractivity contribution in [2.75, 3.05) is 17.7 Å². The van der Waals surface area contributed by atoms with Gasteiger partial charge in [0.2, 0.25) is 0 Å². The minimum Gasteiger partial charge on any atom is -0.497 e. The number of urea groups is 1. The third-order valence-electron chi connectivity index (χ3n) is 5.43. The number of nitrogens with two attached hydrogens (primary N) is 1. The molecule has 0 radical (unpaired) electrons. The van der Waals surface area contributed by atoms with Crippen LogP contribution in [0.15, 0.2) is 66.9 Å². The molecule has 196 valence electrons. The van der Waals surface area contributed by atoms with E-state index in [2.05, 4.69) is 15.6 Å². The van der Waals surface area contributed by atoms with Gasteiger partial charge in [-0.1, -0.05) is 38.4 Å². The van der Waals surface area contributed by atoms with Crippen LogP contribution in [0.5, 0.6) is 17.2 Å². The highest BCUT2D eigenvalue weighted by Crippen LogP contribution is 2.31. The molecule has 4 N–H and O–H groups in total. The molecule has 0 fully saturated rings. The average molecular weight is 535 g/mol. The lowest BCUT2D eigenvalue weighted by Gasteiger charge is -2.14. The van der Waals surface area contributed by atoms with Gasteiger partial charge >= 0.3 is 6.03 Å². The third kappa shape index (κ3) is 6.22. The number of hydrogen-bond acceptors (Lipinski definition) is 6. The summed E-state index contributed by atoms with van der Waals surface area (Å²) >= 11 is 6.41. The van der Waals surface area contributed by atoms with Gasteiger partial charge in [-0.05, 0) is 30.3 Å². The fraction of sp³-hybridized carbons (Fsp3) is 0.185. The smallest absolute Gasteiger partial charge is 0.324 e. The molecule has 0 bridgehead atoms. The van der Waals surface area contributed by atoms with E-state index in [1.54, 1.807) is 36.1 Å². The summed E-state index contributed by atoms with van der Waals surface area (Å²) in [5.41, 5.74) is 6.98. The Labute approximate surface area is 224 Å². The van der Waals surface area contributed by atoms with Gasteiger partial charge in [-0.2, -0.15) is 5.10 Å². The topological polar surface area (TPSA) is 133 Å². The van der Waals surface area contributed by atoms with Crippen LogP contribution in [-0.4, -0.2) is 33.8 Å². The maximum absolute atomic E-state index is 12.9. The summed E-state index contributed by atoms with van der Waals surface area (Å²) < 4.78 is 12.7. The first-order valence-electron chi connectivity index (χ1n) is 11.6. The summed E-state index contributed by atoms with van der Waals surface area (Å²) in [6.07, 6.45) is 1.42. The van der Waals surface area contributed by atoms with Crippen molar-refractivity contribution in [1.29, 1.82) is 0 Å². The Morgan fingerprint density at radius 1 is 0.974 bits per heavy atom. The highest BCUT2D eigenvalue weighted by molar-refractivity contribution is 6.34. The number of benzene rings is 2. The zero-order valence-corrected chi connectivity index (χ0v) is 22.0. The number of pyridine rings is 1. The molecule has 0 saturated heterocycles. The van der Waals surface area contributed by atoms with Crippen LogP contribution < -0.4 is 25.8 Å². The molecule has 2 aromatic carbocycles. The highest BCUT2D eigenvalue weighted by atomic mass is 35.5. The molecule has 3 amide bonds. The number of aromatic nitrogens is 3. The predicted octanol–water partition coefficient (Wildman–Crippen LogP) is 5.76. The van der Waals surface area contributed by atoms with Gasteiger partial charge in [-0.15, -0.1) is 0 Å². The molecule has 0 saturated carbocycles. The fourth-order valence-corrected chi connectivity index (χ4v) is 3.67. The molecule has 0 spiro atoms. The number of amides is 3. The van der Waals surface area contributed by atoms with Gasteiger partial charge in [0.05, 0.1) is 29.2 Å². The first-order chi connectivity index (χ1) is 18.0. The normalized spacial score (nSPS) is 11.1. The lowest BCUT2D eigenvalue weighted by atomic mass is 9.92. The molecule has 2 heterocycles. The van der Waals surface area contributed by atoms with E-state index in [0.717, 1.165) is 11.4 Å². The van der Waals surface area contributed by atoms with Crippen molar-refractivity contribution in [3.05, 3.63) is 83.3 Å². The van der Waals surface area contributed by atoms with E-state index in [0.29, 0.717) is 28.8 Å². The Morgan fingerprint density at radius 2 is 1.74 bits per heavy atom. The number of anilines is 2. The van der Waals surface area contributed by atoms with Crippen LogP contribution in [0.4, 0.5) is 16.3 Å². The predicted molar refractivity (Wildman–Crippen MR) is 146 cm³/mol. The van der Waals surface area contributed by atoms with Crippen molar-refractivity contribution in [1.82, 2.24) is 14.8 Å². The third-order valence-corrected chi connectivity index (χ3v) is 5.74. The van der Waals surface area contributed by atoms with Crippen LogP contribution in [0.25, 0.3) is 5.69 Å². The summed E-state index contributed by atoms with van der Waals surface area (Å²) in [7, 11) is 1.59. The molecule has 4 aromatic rings. The molecule has 0 aliphatic heterocycles. The lowest BCUT2D eigenvalue weighted by Crippen LogP contribution is -2.21. The van der Waals surface area contributed by atoms with Crippen LogP contribution >= 0.6 is 11.6 Å². The summed E-state index contributed by atoms with van der Waals surface area (Å²) in [4.78, 5) is 28.2. The van der Waals surface area contributed by atoms with Gasteiger partial charge in [0.1, 0.15) is 28.8 Å². The van der Waals surface area contributed by atoms with Crippen LogP contribution in [0.1, 0.15) is 37.0 Å². The number of carbonyl (C=O) groups is 2. The molecule has 2 aromatic heterocycles. The van der Waals surface area contributed by atoms with E-state index in [1.165, 1.54) is 12.3 Å². The number of carbonyl (C=O) groups excluding carboxylic acids is 2. The van der Waals surface area contributed by atoms with Crippen molar-refractivity contribution < 1.29 is 19.1 Å². The quantitative estimate of drug-likeness (QED) is 0.276. The van der Waals surface area contributed by atoms with Crippen molar-refractivity contribution in [2.24, 2.45) is 5.73 Å². The number of nitrogens with one attached hydrogen (secondary N) is 2. The molecule has 0 atom stereocenters. The zero-order valence-electron chi connectivity index (χ0n) is 21.3. The highest BCUT2D eigenvalue weighted by Gasteiger charge is 2.22. The van der Waals surface area contributed by atoms with Gasteiger partial charge in [-0.3, -0.25) is 15.1 Å². The number of ether oxygens (including phenoxy) is 2. The Morgan fingerprint density at radius 3 is 2.42 bits per heavy atom. The standard InChI is InChI=1S/C27H27ClN6O4/c1-27(2,3)23-15-24(34(33-23)16-6-5-7-17(12-16)37-4)32-26(36)31-21-9-8-18(13-20(21)28)38-19-10-11-30-22(14-19)25(29)35/h5-15H,1-4H3,(H2,29,35)(H2,31,32,36). The van der Waals surface area contributed by atoms with E-state index >= 15 is 0 Å². The van der Waals surface area contributed by atoms with Crippen LogP contribution in [-0.2, 0) is 5.41 Å². The monoisotopic (exact) mass is 534 g/mol. The molecule has 4 rings (SSSR count). The second kappa shape index (κ2) is 10.8. The molecule has 0 aliphatic carbocycles. The Hall–Kier alpha value is -4.57. The van der Waals surface area contributed by atoms with E-state index in [-0.39, 0.29) is 16.1 Å². The number of primary amides is 1. The zero-order chi connectivity index (χ0) is 27.4. The minimum absolute atomic E-state index is 0.0753. The Bertz CT molecular complexity index is 1500. The van der Waals surface area contributed by atoms with Gasteiger partial charge in [-0.25, -0.2) is 9.48 Å². The second-order valence-electron chi connectivity index (χ2n) is 9.34. The van der Waals surface area contributed by atoms with Crippen LogP contribution in [0.2, 0.25) is 5.02 Å². The lowest BCUT2D eigenvalue weighted by molar-refractivity contribution is 0.0995. The largest absolute Gasteiger partial charge is 0.497 e. The van der Waals surface area contributed by atoms with Crippen molar-refractivity contribution >= 4 is 35.0 Å². The summed E-state index contributed by atoms with van der Waals surface area (Å²) in [5.74, 6) is 1.23. The molecular formula is C27H27ClN6O4. The van der Waals surface area contributed by atoms with Gasteiger partial charge in [0.15, 0.2) is 0 Å². The maximum Gasteiger partial charge on any atom is 0.324 e. The molecule has 0 unspecified atom stereocenters. The summed E-state index contributed by atoms with van der Waals surface area (Å²) in [6, 6.07) is 16.5. The molecule has 0 aliphatic rings. The first-order valence-corrected chi connectivity index (χ1v) is 12.0. The van der Waals surface area contributed by atoms with Crippen molar-refractivity contribution in [3.8, 4) is 22.9 Å². The van der Waals surface area contributed by atoms with Crippen LogP contribution in [0.3, 0.4) is 0 Å². The SMILES string of the molecule is COc1cccc(-n2nc(C(C)(C)C)cc2NC(=O)Nc2ccc(Oc3ccnc(C(N)=O)c3)cc2Cl)c1. The van der Waals surface area contributed by atoms with Crippen molar-refractivity contribution in [3.63, 3.8) is 0 Å². The molecule has 38 heavy (non-hydrogen) atoms. The Balaban J connectivity index is 1.52. The summed E-state index contributed by atoms with van der Waals surface area (Å²) in [5, 5.41) is 10.6. The fourth-order valence-electron chi connectivity index (χ4n) is 3.45. The van der Waals surface area contributed by atoms with Crippen molar-refractivity contribution in [2.45, 2.75) is 26.2 Å².